The Bertz CT molecular complexity index is 1360. The van der Waals surface area contributed by atoms with Crippen molar-refractivity contribution in [1.82, 2.24) is 20.4 Å². The number of ether oxygens (including phenoxy) is 1. The first kappa shape index (κ1) is 23.5. The summed E-state index contributed by atoms with van der Waals surface area (Å²) in [6.45, 7) is 1.08. The van der Waals surface area contributed by atoms with Crippen molar-refractivity contribution in [2.45, 2.75) is 36.8 Å². The highest BCUT2D eigenvalue weighted by atomic mass is 32.2. The van der Waals surface area contributed by atoms with Gasteiger partial charge in [0.2, 0.25) is 5.88 Å². The van der Waals surface area contributed by atoms with Crippen molar-refractivity contribution in [3.8, 4) is 11.8 Å². The Kier molecular flexibility index (Phi) is 5.98. The Morgan fingerprint density at radius 2 is 1.88 bits per heavy atom. The molecule has 0 spiro atoms. The Labute approximate surface area is 192 Å². The first-order valence-electron chi connectivity index (χ1n) is 10.0. The van der Waals surface area contributed by atoms with Gasteiger partial charge in [0, 0.05) is 28.8 Å². The second-order valence-corrected chi connectivity index (χ2v) is 10.0. The molecule has 178 valence electrons. The van der Waals surface area contributed by atoms with E-state index in [4.69, 9.17) is 9.52 Å². The molecule has 0 saturated heterocycles. The third-order valence-electron chi connectivity index (χ3n) is 5.08. The summed E-state index contributed by atoms with van der Waals surface area (Å²) in [7, 11) is -3.08. The minimum atomic E-state index is -4.85. The number of benzene rings is 1. The van der Waals surface area contributed by atoms with E-state index in [2.05, 4.69) is 25.7 Å². The zero-order valence-corrected chi connectivity index (χ0v) is 18.8. The van der Waals surface area contributed by atoms with Crippen LogP contribution >= 0.6 is 0 Å². The van der Waals surface area contributed by atoms with Crippen LogP contribution in [0.25, 0.3) is 0 Å². The molecular weight excluding hydrogens is 473 g/mol. The molecule has 2 N–H and O–H groups in total. The third-order valence-corrected chi connectivity index (χ3v) is 6.23. The van der Waals surface area contributed by atoms with Gasteiger partial charge < -0.3 is 10.1 Å². The van der Waals surface area contributed by atoms with Crippen molar-refractivity contribution in [2.24, 2.45) is 0 Å². The topological polar surface area (TPSA) is 131 Å². The molecule has 1 saturated carbocycles. The number of hydrogen-bond donors (Lipinski definition) is 2. The van der Waals surface area contributed by atoms with Crippen LogP contribution in [0.1, 0.15) is 46.1 Å². The average molecular weight is 492 g/mol. The average Bonchev–Trinajstić information content (AvgIpc) is 3.58. The molecule has 1 atom stereocenters. The largest absolute Gasteiger partial charge is 0.435 e. The number of nitrogens with zero attached hydrogens (tertiary/aromatic N) is 4. The molecule has 2 heterocycles. The van der Waals surface area contributed by atoms with Gasteiger partial charge in [-0.05, 0) is 49.6 Å². The molecule has 1 aromatic carbocycles. The van der Waals surface area contributed by atoms with Crippen molar-refractivity contribution in [3.63, 3.8) is 0 Å². The van der Waals surface area contributed by atoms with Gasteiger partial charge in [-0.1, -0.05) is 6.07 Å². The lowest BCUT2D eigenvalue weighted by Crippen LogP contribution is -2.21. The fraction of sp³-hybridized carbons (Fsp3) is 0.286. The first-order valence-corrected chi connectivity index (χ1v) is 12.0. The van der Waals surface area contributed by atoms with Crippen LogP contribution in [0.5, 0.6) is 11.8 Å². The van der Waals surface area contributed by atoms with Crippen molar-refractivity contribution in [3.05, 3.63) is 58.9 Å². The summed E-state index contributed by atoms with van der Waals surface area (Å²) >= 11 is 0. The molecule has 13 heteroatoms. The number of anilines is 1. The number of carbonyl (C=O) groups excluding carboxylic acids is 1. The van der Waals surface area contributed by atoms with E-state index in [1.54, 1.807) is 6.07 Å². The van der Waals surface area contributed by atoms with Gasteiger partial charge in [-0.2, -0.15) is 18.3 Å². The normalized spacial score (nSPS) is 15.4. The van der Waals surface area contributed by atoms with E-state index in [-0.39, 0.29) is 16.5 Å². The van der Waals surface area contributed by atoms with Gasteiger partial charge in [0.15, 0.2) is 5.69 Å². The number of nitrogens with one attached hydrogen (secondary N) is 2. The van der Waals surface area contributed by atoms with E-state index in [1.165, 1.54) is 36.6 Å². The molecule has 1 fully saturated rings. The summed E-state index contributed by atoms with van der Waals surface area (Å²) in [4.78, 5) is 13.2. The fourth-order valence-corrected chi connectivity index (χ4v) is 3.89. The number of rotatable bonds is 6. The van der Waals surface area contributed by atoms with Gasteiger partial charge >= 0.3 is 6.18 Å². The Morgan fingerprint density at radius 1 is 1.15 bits per heavy atom. The van der Waals surface area contributed by atoms with E-state index >= 15 is 0 Å². The summed E-state index contributed by atoms with van der Waals surface area (Å²) in [6, 6.07) is 8.86. The van der Waals surface area contributed by atoms with Crippen LogP contribution in [-0.2, 0) is 15.9 Å². The second-order valence-electron chi connectivity index (χ2n) is 7.85. The van der Waals surface area contributed by atoms with Crippen molar-refractivity contribution < 1.29 is 26.9 Å². The summed E-state index contributed by atoms with van der Waals surface area (Å²) in [6.07, 6.45) is -1.62. The van der Waals surface area contributed by atoms with Crippen molar-refractivity contribution in [1.29, 1.82) is 4.78 Å². The summed E-state index contributed by atoms with van der Waals surface area (Å²) in [5, 5.41) is 17.1. The van der Waals surface area contributed by atoms with E-state index in [1.807, 2.05) is 0 Å². The third kappa shape index (κ3) is 5.14. The Hall–Kier alpha value is -3.61. The number of halogens is 3. The molecule has 0 aliphatic heterocycles. The van der Waals surface area contributed by atoms with Crippen LogP contribution in [0, 0.1) is 11.7 Å². The predicted octanol–water partition coefficient (Wildman–Crippen LogP) is 4.55. The molecule has 1 unspecified atom stereocenters. The molecule has 34 heavy (non-hydrogen) atoms. The van der Waals surface area contributed by atoms with E-state index in [0.717, 1.165) is 25.5 Å². The van der Waals surface area contributed by atoms with Crippen LogP contribution < -0.4 is 10.1 Å². The molecule has 4 rings (SSSR count). The maximum absolute atomic E-state index is 13.4. The van der Waals surface area contributed by atoms with Crippen LogP contribution in [0.2, 0.25) is 0 Å². The van der Waals surface area contributed by atoms with Gasteiger partial charge in [0.1, 0.15) is 5.56 Å². The van der Waals surface area contributed by atoms with E-state index in [9.17, 15) is 22.2 Å². The number of amides is 1. The minimum absolute atomic E-state index is 0.0613. The maximum atomic E-state index is 13.4. The quantitative estimate of drug-likeness (QED) is 0.516. The lowest BCUT2D eigenvalue weighted by Gasteiger charge is -2.15. The monoisotopic (exact) mass is 492 g/mol. The predicted molar refractivity (Wildman–Crippen MR) is 115 cm³/mol. The lowest BCUT2D eigenvalue weighted by molar-refractivity contribution is -0.142. The highest BCUT2D eigenvalue weighted by Gasteiger charge is 2.38. The van der Waals surface area contributed by atoms with E-state index < -0.39 is 44.5 Å². The Balaban J connectivity index is 1.70. The van der Waals surface area contributed by atoms with Crippen LogP contribution in [0.4, 0.5) is 18.9 Å². The summed E-state index contributed by atoms with van der Waals surface area (Å²) in [5.41, 5.74) is -1.41. The highest BCUT2D eigenvalue weighted by molar-refractivity contribution is 7.91. The lowest BCUT2D eigenvalue weighted by atomic mass is 10.1. The molecule has 9 nitrogen and oxygen atoms in total. The standard InChI is InChI=1S/C21H19F3N6O3S/c1-11-17(19(31)26-13-4-3-5-14(10-13)34(2,25)32)20(30-29-18(11)21(22,23)24)33-16-9-8-15(27-28-16)12-6-7-12/h3-5,8-10,12,25H,6-7H2,1-2H3,(H,26,31). The smallest absolute Gasteiger partial charge is 0.417 e. The van der Waals surface area contributed by atoms with E-state index in [0.29, 0.717) is 5.92 Å². The molecule has 1 amide bonds. The number of alkyl halides is 3. The van der Waals surface area contributed by atoms with Crippen molar-refractivity contribution >= 4 is 21.3 Å². The molecule has 1 aliphatic rings. The SMILES string of the molecule is Cc1c(C(F)(F)F)nnc(Oc2ccc(C3CC3)nn2)c1C(=O)Nc1cccc(S(C)(=N)=O)c1. The molecule has 3 aromatic rings. The second kappa shape index (κ2) is 8.63. The zero-order chi connectivity index (χ0) is 24.7. The number of carbonyl (C=O) groups is 1. The molecule has 0 bridgehead atoms. The van der Waals surface area contributed by atoms with Crippen molar-refractivity contribution in [2.75, 3.05) is 11.6 Å². The van der Waals surface area contributed by atoms with Crippen LogP contribution in [0.3, 0.4) is 0 Å². The van der Waals surface area contributed by atoms with Gasteiger partial charge in [-0.15, -0.1) is 15.3 Å². The zero-order valence-electron chi connectivity index (χ0n) is 18.0. The number of hydrogen-bond acceptors (Lipinski definition) is 8. The van der Waals surface area contributed by atoms with Crippen LogP contribution in [-0.4, -0.2) is 36.8 Å². The summed E-state index contributed by atoms with van der Waals surface area (Å²) in [5.74, 6) is -1.16. The van der Waals surface area contributed by atoms with Gasteiger partial charge in [0.05, 0.1) is 15.4 Å². The van der Waals surface area contributed by atoms with Gasteiger partial charge in [-0.25, -0.2) is 8.99 Å². The fourth-order valence-electron chi connectivity index (χ4n) is 3.20. The molecule has 0 radical (unpaired) electrons. The molecular formula is C21H19F3N6O3S. The molecule has 2 aromatic heterocycles. The minimum Gasteiger partial charge on any atom is -0.417 e. The van der Waals surface area contributed by atoms with Gasteiger partial charge in [0.25, 0.3) is 11.8 Å². The summed E-state index contributed by atoms with van der Waals surface area (Å²) < 4.78 is 65.5. The maximum Gasteiger partial charge on any atom is 0.435 e. The Morgan fingerprint density at radius 3 is 2.47 bits per heavy atom. The number of aromatic nitrogens is 4. The first-order chi connectivity index (χ1) is 15.9. The van der Waals surface area contributed by atoms with Crippen LogP contribution in [0.15, 0.2) is 41.3 Å². The highest BCUT2D eigenvalue weighted by Crippen LogP contribution is 2.39. The van der Waals surface area contributed by atoms with Gasteiger partial charge in [-0.3, -0.25) is 4.79 Å². The molecule has 1 aliphatic carbocycles.